The molecule has 54 heavy (non-hydrogen) atoms. The minimum absolute atomic E-state index is 0.598. The smallest absolute Gasteiger partial charge is 0.137 e. The van der Waals surface area contributed by atoms with Gasteiger partial charge < -0.3 is 18.0 Å². The molecular weight excluding hydrogens is 663 g/mol. The van der Waals surface area contributed by atoms with Crippen LogP contribution in [0.5, 0.6) is 0 Å². The zero-order valence-corrected chi connectivity index (χ0v) is 28.7. The third kappa shape index (κ3) is 3.97. The molecule has 4 aromatic heterocycles. The monoisotopic (exact) mass is 689 g/mol. The molecule has 0 aliphatic heterocycles. The van der Waals surface area contributed by atoms with E-state index in [2.05, 4.69) is 143 Å². The number of benzene rings is 8. The van der Waals surface area contributed by atoms with Crippen molar-refractivity contribution in [3.8, 4) is 28.6 Å². The second kappa shape index (κ2) is 10.7. The fourth-order valence-corrected chi connectivity index (χ4v) is 8.77. The Hall–Kier alpha value is -7.55. The van der Waals surface area contributed by atoms with Crippen LogP contribution in [0.25, 0.3) is 110 Å². The number of hydrogen-bond donors (Lipinski definition) is 0. The molecule has 0 fully saturated rings. The molecule has 0 aliphatic carbocycles. The molecule has 0 aliphatic rings. The van der Waals surface area contributed by atoms with Crippen molar-refractivity contribution in [3.05, 3.63) is 169 Å². The summed E-state index contributed by atoms with van der Waals surface area (Å²) in [5.74, 6) is 0. The lowest BCUT2D eigenvalue weighted by Gasteiger charge is -2.13. The third-order valence-corrected chi connectivity index (χ3v) is 11.1. The van der Waals surface area contributed by atoms with Crippen LogP contribution in [-0.4, -0.2) is 9.13 Å². The summed E-state index contributed by atoms with van der Waals surface area (Å²) in [6.45, 7) is 0. The molecule has 0 amide bonds. The van der Waals surface area contributed by atoms with Crippen molar-refractivity contribution >= 4 is 87.5 Å². The van der Waals surface area contributed by atoms with Gasteiger partial charge in [-0.25, -0.2) is 0 Å². The molecule has 0 radical (unpaired) electrons. The average molecular weight is 690 g/mol. The van der Waals surface area contributed by atoms with Crippen molar-refractivity contribution < 1.29 is 8.83 Å². The number of rotatable bonds is 3. The Morgan fingerprint density at radius 1 is 0.389 bits per heavy atom. The van der Waals surface area contributed by atoms with Crippen LogP contribution in [0.4, 0.5) is 0 Å². The van der Waals surface area contributed by atoms with Gasteiger partial charge in [-0.15, -0.1) is 0 Å². The number of furan rings is 2. The Bertz CT molecular complexity index is 3570. The van der Waals surface area contributed by atoms with Crippen molar-refractivity contribution in [2.24, 2.45) is 0 Å². The zero-order valence-electron chi connectivity index (χ0n) is 28.7. The van der Waals surface area contributed by atoms with Gasteiger partial charge in [-0.1, -0.05) is 84.9 Å². The summed E-state index contributed by atoms with van der Waals surface area (Å²) < 4.78 is 17.3. The van der Waals surface area contributed by atoms with E-state index in [9.17, 15) is 5.26 Å². The van der Waals surface area contributed by atoms with E-state index in [1.807, 2.05) is 36.4 Å². The van der Waals surface area contributed by atoms with Crippen molar-refractivity contribution in [1.82, 2.24) is 9.13 Å². The standard InChI is InChI=1S/C49H27N3O2/c50-28-29-23-31(25-33(24-29)52-42-14-6-1-9-34(42)37-21-22-46-48(49(37)52)38-12-4-8-16-45(38)53-46)30-17-19-32(20-18-30)51-41-13-5-2-10-35(41)39-27-47-40(26-43(39)51)36-11-3-7-15-44(36)54-47/h1-27H. The first-order valence-corrected chi connectivity index (χ1v) is 18.1. The number of nitriles is 1. The maximum Gasteiger partial charge on any atom is 0.137 e. The molecule has 4 heterocycles. The Labute approximate surface area is 307 Å². The van der Waals surface area contributed by atoms with Gasteiger partial charge in [0.2, 0.25) is 0 Å². The van der Waals surface area contributed by atoms with Crippen molar-refractivity contribution in [2.45, 2.75) is 0 Å². The molecule has 0 N–H and O–H groups in total. The highest BCUT2D eigenvalue weighted by Crippen LogP contribution is 2.42. The maximum atomic E-state index is 10.3. The topological polar surface area (TPSA) is 59.9 Å². The quantitative estimate of drug-likeness (QED) is 0.185. The molecular formula is C49H27N3O2. The second-order valence-corrected chi connectivity index (χ2v) is 14.0. The lowest BCUT2D eigenvalue weighted by molar-refractivity contribution is 0.669. The van der Waals surface area contributed by atoms with Crippen LogP contribution < -0.4 is 0 Å². The molecule has 0 atom stereocenters. The SMILES string of the molecule is N#Cc1cc(-c2ccc(-n3c4ccccc4c4cc5oc6ccccc6c5cc43)cc2)cc(-n2c3ccccc3c3ccc4oc5ccccc5c4c32)c1. The van der Waals surface area contributed by atoms with Gasteiger partial charge in [-0.3, -0.25) is 0 Å². The Morgan fingerprint density at radius 3 is 1.81 bits per heavy atom. The van der Waals surface area contributed by atoms with E-state index in [-0.39, 0.29) is 0 Å². The molecule has 12 rings (SSSR count). The Kier molecular flexibility index (Phi) is 5.78. The van der Waals surface area contributed by atoms with Crippen LogP contribution in [0.1, 0.15) is 5.56 Å². The van der Waals surface area contributed by atoms with Crippen molar-refractivity contribution in [1.29, 1.82) is 5.26 Å². The van der Waals surface area contributed by atoms with Crippen LogP contribution in [0.2, 0.25) is 0 Å². The predicted octanol–water partition coefficient (Wildman–Crippen LogP) is 13.2. The van der Waals surface area contributed by atoms with E-state index in [1.165, 1.54) is 5.39 Å². The molecule has 250 valence electrons. The van der Waals surface area contributed by atoms with Crippen molar-refractivity contribution in [2.75, 3.05) is 0 Å². The second-order valence-electron chi connectivity index (χ2n) is 14.0. The number of aromatic nitrogens is 2. The lowest BCUT2D eigenvalue weighted by Crippen LogP contribution is -1.97. The maximum absolute atomic E-state index is 10.3. The largest absolute Gasteiger partial charge is 0.456 e. The third-order valence-electron chi connectivity index (χ3n) is 11.1. The van der Waals surface area contributed by atoms with E-state index >= 15 is 0 Å². The van der Waals surface area contributed by atoms with Gasteiger partial charge in [-0.05, 0) is 90.0 Å². The van der Waals surface area contributed by atoms with Gasteiger partial charge in [0.1, 0.15) is 22.3 Å². The Balaban J connectivity index is 1.06. The highest BCUT2D eigenvalue weighted by Gasteiger charge is 2.20. The molecule has 8 aromatic carbocycles. The molecule has 0 saturated heterocycles. The van der Waals surface area contributed by atoms with Gasteiger partial charge in [0.05, 0.1) is 39.1 Å². The van der Waals surface area contributed by atoms with E-state index < -0.39 is 0 Å². The van der Waals surface area contributed by atoms with Crippen molar-refractivity contribution in [3.63, 3.8) is 0 Å². The molecule has 0 spiro atoms. The molecule has 5 heteroatoms. The Morgan fingerprint density at radius 2 is 1.04 bits per heavy atom. The molecule has 12 aromatic rings. The van der Waals surface area contributed by atoms with Crippen LogP contribution in [0, 0.1) is 11.3 Å². The first-order chi connectivity index (χ1) is 26.7. The van der Waals surface area contributed by atoms with Gasteiger partial charge in [-0.2, -0.15) is 5.26 Å². The molecule has 0 saturated carbocycles. The summed E-state index contributed by atoms with van der Waals surface area (Å²) in [5, 5.41) is 19.3. The van der Waals surface area contributed by atoms with Crippen LogP contribution >= 0.6 is 0 Å². The summed E-state index contributed by atoms with van der Waals surface area (Å²) in [5.41, 5.74) is 12.5. The highest BCUT2D eigenvalue weighted by atomic mass is 16.3. The number of para-hydroxylation sites is 4. The molecule has 5 nitrogen and oxygen atoms in total. The normalized spacial score (nSPS) is 12.1. The first-order valence-electron chi connectivity index (χ1n) is 18.1. The van der Waals surface area contributed by atoms with Gasteiger partial charge in [0, 0.05) is 49.1 Å². The highest BCUT2D eigenvalue weighted by molar-refractivity contribution is 6.24. The molecule has 0 unspecified atom stereocenters. The first kappa shape index (κ1) is 29.1. The number of hydrogen-bond acceptors (Lipinski definition) is 3. The average Bonchev–Trinajstić information content (AvgIpc) is 3.97. The van der Waals surface area contributed by atoms with E-state index in [1.54, 1.807) is 0 Å². The van der Waals surface area contributed by atoms with E-state index in [0.717, 1.165) is 105 Å². The summed E-state index contributed by atoms with van der Waals surface area (Å²) in [4.78, 5) is 0. The predicted molar refractivity (Wildman–Crippen MR) is 220 cm³/mol. The minimum atomic E-state index is 0.598. The van der Waals surface area contributed by atoms with E-state index in [0.29, 0.717) is 5.56 Å². The fourth-order valence-electron chi connectivity index (χ4n) is 8.77. The van der Waals surface area contributed by atoms with E-state index in [4.69, 9.17) is 8.83 Å². The summed E-state index contributed by atoms with van der Waals surface area (Å²) >= 11 is 0. The molecule has 0 bridgehead atoms. The number of fused-ring (bicyclic) bond motifs is 13. The lowest BCUT2D eigenvalue weighted by atomic mass is 10.0. The van der Waals surface area contributed by atoms with Crippen LogP contribution in [0.15, 0.2) is 173 Å². The summed E-state index contributed by atoms with van der Waals surface area (Å²) in [6.07, 6.45) is 0. The summed E-state index contributed by atoms with van der Waals surface area (Å²) in [6, 6.07) is 59.4. The fraction of sp³-hybridized carbons (Fsp3) is 0. The number of nitrogens with zero attached hydrogens (tertiary/aromatic N) is 3. The van der Waals surface area contributed by atoms with Gasteiger partial charge in [0.25, 0.3) is 0 Å². The zero-order chi connectivity index (χ0) is 35.5. The van der Waals surface area contributed by atoms with Gasteiger partial charge in [0.15, 0.2) is 0 Å². The van der Waals surface area contributed by atoms with Crippen LogP contribution in [0.3, 0.4) is 0 Å². The summed E-state index contributed by atoms with van der Waals surface area (Å²) in [7, 11) is 0. The van der Waals surface area contributed by atoms with Gasteiger partial charge >= 0.3 is 0 Å². The minimum Gasteiger partial charge on any atom is -0.456 e. The van der Waals surface area contributed by atoms with Crippen LogP contribution in [-0.2, 0) is 0 Å².